The maximum Gasteiger partial charge on any atom is 0.269 e. The van der Waals surface area contributed by atoms with Crippen LogP contribution in [0, 0.1) is 10.1 Å². The van der Waals surface area contributed by atoms with E-state index in [9.17, 15) is 14.9 Å². The van der Waals surface area contributed by atoms with Crippen molar-refractivity contribution in [2.45, 2.75) is 19.4 Å². The van der Waals surface area contributed by atoms with Crippen LogP contribution >= 0.6 is 0 Å². The van der Waals surface area contributed by atoms with E-state index in [4.69, 9.17) is 0 Å². The molecular weight excluding hydrogens is 366 g/mol. The monoisotopic (exact) mass is 387 g/mol. The Morgan fingerprint density at radius 3 is 2.59 bits per heavy atom. The SMILES string of the molecule is CC1Cc2cc([N+](=O)[O-])ccc2N1CC(=O)Nc1ccccc1-c1ccccc1. The van der Waals surface area contributed by atoms with Gasteiger partial charge in [-0.05, 0) is 36.6 Å². The van der Waals surface area contributed by atoms with Crippen LogP contribution in [0.4, 0.5) is 17.1 Å². The predicted molar refractivity (Wildman–Crippen MR) is 114 cm³/mol. The summed E-state index contributed by atoms with van der Waals surface area (Å²) in [6, 6.07) is 22.6. The van der Waals surface area contributed by atoms with Crippen molar-refractivity contribution in [2.24, 2.45) is 0 Å². The zero-order valence-corrected chi connectivity index (χ0v) is 16.0. The second kappa shape index (κ2) is 7.75. The molecule has 1 aliphatic heterocycles. The Hall–Kier alpha value is -3.67. The molecule has 1 amide bonds. The number of fused-ring (bicyclic) bond motifs is 1. The number of nitrogens with one attached hydrogen (secondary N) is 1. The molecule has 3 aromatic rings. The Bertz CT molecular complexity index is 1070. The summed E-state index contributed by atoms with van der Waals surface area (Å²) in [6.45, 7) is 2.21. The van der Waals surface area contributed by atoms with Crippen LogP contribution in [0.1, 0.15) is 12.5 Å². The van der Waals surface area contributed by atoms with Crippen LogP contribution in [0.3, 0.4) is 0 Å². The molecular formula is C23H21N3O3. The van der Waals surface area contributed by atoms with E-state index in [1.807, 2.05) is 66.4 Å². The number of carbonyl (C=O) groups is 1. The van der Waals surface area contributed by atoms with Crippen molar-refractivity contribution in [1.82, 2.24) is 0 Å². The Labute approximate surface area is 168 Å². The summed E-state index contributed by atoms with van der Waals surface area (Å²) in [5.74, 6) is -0.119. The lowest BCUT2D eigenvalue weighted by molar-refractivity contribution is -0.384. The quantitative estimate of drug-likeness (QED) is 0.511. The molecule has 0 saturated heterocycles. The van der Waals surface area contributed by atoms with Crippen molar-refractivity contribution in [3.05, 3.63) is 88.5 Å². The average Bonchev–Trinajstić information content (AvgIpc) is 3.03. The molecule has 0 aromatic heterocycles. The molecule has 1 atom stereocenters. The van der Waals surface area contributed by atoms with Gasteiger partial charge in [0.15, 0.2) is 0 Å². The van der Waals surface area contributed by atoms with E-state index in [1.165, 1.54) is 6.07 Å². The van der Waals surface area contributed by atoms with Gasteiger partial charge in [-0.1, -0.05) is 48.5 Å². The minimum atomic E-state index is -0.388. The Kier molecular flexibility index (Phi) is 4.99. The summed E-state index contributed by atoms with van der Waals surface area (Å²) in [6.07, 6.45) is 0.685. The second-order valence-corrected chi connectivity index (χ2v) is 7.21. The zero-order chi connectivity index (χ0) is 20.4. The first-order valence-corrected chi connectivity index (χ1v) is 9.51. The van der Waals surface area contributed by atoms with Crippen molar-refractivity contribution in [3.8, 4) is 11.1 Å². The van der Waals surface area contributed by atoms with E-state index in [0.717, 1.165) is 28.1 Å². The number of nitrogens with zero attached hydrogens (tertiary/aromatic N) is 2. The van der Waals surface area contributed by atoms with Gasteiger partial charge in [-0.3, -0.25) is 14.9 Å². The first-order valence-electron chi connectivity index (χ1n) is 9.51. The molecule has 29 heavy (non-hydrogen) atoms. The molecule has 1 unspecified atom stereocenters. The summed E-state index contributed by atoms with van der Waals surface area (Å²) in [5, 5.41) is 14.0. The first kappa shape index (κ1) is 18.7. The molecule has 0 aliphatic carbocycles. The Morgan fingerprint density at radius 2 is 1.83 bits per heavy atom. The third-order valence-electron chi connectivity index (χ3n) is 5.23. The van der Waals surface area contributed by atoms with E-state index >= 15 is 0 Å². The molecule has 0 spiro atoms. The van der Waals surface area contributed by atoms with E-state index in [-0.39, 0.29) is 29.1 Å². The summed E-state index contributed by atoms with van der Waals surface area (Å²) in [5.41, 5.74) is 4.64. The fourth-order valence-corrected chi connectivity index (χ4v) is 3.84. The van der Waals surface area contributed by atoms with Crippen molar-refractivity contribution >= 4 is 23.0 Å². The van der Waals surface area contributed by atoms with Crippen LogP contribution in [0.25, 0.3) is 11.1 Å². The third kappa shape index (κ3) is 3.82. The molecule has 3 aromatic carbocycles. The minimum Gasteiger partial charge on any atom is -0.359 e. The number of non-ortho nitro benzene ring substituents is 1. The summed E-state index contributed by atoms with van der Waals surface area (Å²) in [4.78, 5) is 25.5. The highest BCUT2D eigenvalue weighted by Gasteiger charge is 2.29. The fourth-order valence-electron chi connectivity index (χ4n) is 3.84. The van der Waals surface area contributed by atoms with Crippen molar-refractivity contribution in [3.63, 3.8) is 0 Å². The van der Waals surface area contributed by atoms with Crippen LogP contribution in [-0.4, -0.2) is 23.4 Å². The van der Waals surface area contributed by atoms with Crippen molar-refractivity contribution in [2.75, 3.05) is 16.8 Å². The Morgan fingerprint density at radius 1 is 1.10 bits per heavy atom. The maximum absolute atomic E-state index is 12.8. The number of para-hydroxylation sites is 1. The van der Waals surface area contributed by atoms with Crippen LogP contribution < -0.4 is 10.2 Å². The van der Waals surface area contributed by atoms with Gasteiger partial charge >= 0.3 is 0 Å². The molecule has 0 bridgehead atoms. The summed E-state index contributed by atoms with van der Waals surface area (Å²) >= 11 is 0. The number of nitro groups is 1. The predicted octanol–water partition coefficient (Wildman–Crippen LogP) is 4.65. The van der Waals surface area contributed by atoms with Crippen LogP contribution in [0.2, 0.25) is 0 Å². The van der Waals surface area contributed by atoms with Gasteiger partial charge in [0.05, 0.1) is 11.5 Å². The van der Waals surface area contributed by atoms with Gasteiger partial charge in [0, 0.05) is 35.1 Å². The zero-order valence-electron chi connectivity index (χ0n) is 16.0. The molecule has 4 rings (SSSR count). The van der Waals surface area contributed by atoms with E-state index in [2.05, 4.69) is 5.32 Å². The smallest absolute Gasteiger partial charge is 0.269 e. The molecule has 6 heteroatoms. The molecule has 1 heterocycles. The van der Waals surface area contributed by atoms with Gasteiger partial charge in [-0.25, -0.2) is 0 Å². The molecule has 1 N–H and O–H groups in total. The van der Waals surface area contributed by atoms with Gasteiger partial charge in [0.2, 0.25) is 5.91 Å². The highest BCUT2D eigenvalue weighted by Crippen LogP contribution is 2.34. The average molecular weight is 387 g/mol. The normalized spacial score (nSPS) is 15.1. The molecule has 6 nitrogen and oxygen atoms in total. The number of rotatable bonds is 5. The second-order valence-electron chi connectivity index (χ2n) is 7.21. The van der Waals surface area contributed by atoms with Gasteiger partial charge in [0.25, 0.3) is 5.69 Å². The number of anilines is 2. The molecule has 0 saturated carbocycles. The van der Waals surface area contributed by atoms with Crippen LogP contribution in [0.15, 0.2) is 72.8 Å². The lowest BCUT2D eigenvalue weighted by atomic mass is 10.0. The van der Waals surface area contributed by atoms with Crippen LogP contribution in [0.5, 0.6) is 0 Å². The largest absolute Gasteiger partial charge is 0.359 e. The van der Waals surface area contributed by atoms with E-state index in [0.29, 0.717) is 6.42 Å². The number of amides is 1. The maximum atomic E-state index is 12.8. The van der Waals surface area contributed by atoms with Gasteiger partial charge in [-0.2, -0.15) is 0 Å². The van der Waals surface area contributed by atoms with Gasteiger partial charge < -0.3 is 10.2 Å². The standard InChI is InChI=1S/C23H21N3O3/c1-16-13-18-14-19(26(28)29)11-12-22(18)25(16)15-23(27)24-21-10-6-5-9-20(21)17-7-3-2-4-8-17/h2-12,14,16H,13,15H2,1H3,(H,24,27). The number of hydrogen-bond donors (Lipinski definition) is 1. The number of hydrogen-bond acceptors (Lipinski definition) is 4. The highest BCUT2D eigenvalue weighted by atomic mass is 16.6. The Balaban J connectivity index is 1.53. The number of carbonyl (C=O) groups excluding carboxylic acids is 1. The topological polar surface area (TPSA) is 75.5 Å². The molecule has 1 aliphatic rings. The number of benzene rings is 3. The lowest BCUT2D eigenvalue weighted by Gasteiger charge is -2.24. The first-order chi connectivity index (χ1) is 14.0. The molecule has 0 fully saturated rings. The van der Waals surface area contributed by atoms with Crippen molar-refractivity contribution < 1.29 is 9.72 Å². The van der Waals surface area contributed by atoms with E-state index in [1.54, 1.807) is 12.1 Å². The third-order valence-corrected chi connectivity index (χ3v) is 5.23. The molecule has 146 valence electrons. The highest BCUT2D eigenvalue weighted by molar-refractivity contribution is 5.98. The lowest BCUT2D eigenvalue weighted by Crippen LogP contribution is -2.37. The van der Waals surface area contributed by atoms with Gasteiger partial charge in [0.1, 0.15) is 0 Å². The van der Waals surface area contributed by atoms with Gasteiger partial charge in [-0.15, -0.1) is 0 Å². The van der Waals surface area contributed by atoms with Crippen molar-refractivity contribution in [1.29, 1.82) is 0 Å². The summed E-state index contributed by atoms with van der Waals surface area (Å²) in [7, 11) is 0. The molecule has 0 radical (unpaired) electrons. The minimum absolute atomic E-state index is 0.0824. The fraction of sp³-hybridized carbons (Fsp3) is 0.174. The van der Waals surface area contributed by atoms with E-state index < -0.39 is 0 Å². The summed E-state index contributed by atoms with van der Waals surface area (Å²) < 4.78 is 0. The van der Waals surface area contributed by atoms with Crippen LogP contribution in [-0.2, 0) is 11.2 Å². The number of nitro benzene ring substituents is 1.